The van der Waals surface area contributed by atoms with E-state index in [2.05, 4.69) is 19.8 Å². The van der Waals surface area contributed by atoms with Gasteiger partial charge in [-0.1, -0.05) is 18.2 Å². The lowest BCUT2D eigenvalue weighted by atomic mass is 9.96. The zero-order chi connectivity index (χ0) is 17.2. The molecule has 1 atom stereocenters. The summed E-state index contributed by atoms with van der Waals surface area (Å²) in [6.07, 6.45) is -1.04. The molecule has 0 bridgehead atoms. The number of aryl methyl sites for hydroxylation is 1. The zero-order valence-electron chi connectivity index (χ0n) is 13.3. The van der Waals surface area contributed by atoms with E-state index in [0.717, 1.165) is 31.8 Å². The lowest BCUT2D eigenvalue weighted by molar-refractivity contribution is -0.275. The van der Waals surface area contributed by atoms with Gasteiger partial charge in [-0.05, 0) is 25.5 Å². The molecule has 1 saturated heterocycles. The zero-order valence-corrected chi connectivity index (χ0v) is 13.3. The Bertz CT molecular complexity index is 686. The van der Waals surface area contributed by atoms with Crippen LogP contribution in [0.2, 0.25) is 0 Å². The Hall–Kier alpha value is -2.09. The number of rotatable bonds is 4. The van der Waals surface area contributed by atoms with Crippen molar-refractivity contribution in [2.45, 2.75) is 31.7 Å². The van der Waals surface area contributed by atoms with Gasteiger partial charge in [0.1, 0.15) is 17.9 Å². The number of para-hydroxylation sites is 1. The van der Waals surface area contributed by atoms with Crippen LogP contribution in [0.25, 0.3) is 0 Å². The van der Waals surface area contributed by atoms with Crippen LogP contribution in [0.1, 0.15) is 30.1 Å². The molecule has 0 amide bonds. The van der Waals surface area contributed by atoms with Crippen LogP contribution >= 0.6 is 0 Å². The van der Waals surface area contributed by atoms with Gasteiger partial charge in [-0.3, -0.25) is 4.90 Å². The number of benzene rings is 1. The Balaban J connectivity index is 1.71. The predicted molar refractivity (Wildman–Crippen MR) is 81.4 cm³/mol. The van der Waals surface area contributed by atoms with Crippen molar-refractivity contribution in [1.82, 2.24) is 19.7 Å². The number of likely N-dealkylation sites (tertiary alicyclic amines) is 1. The molecule has 5 nitrogen and oxygen atoms in total. The van der Waals surface area contributed by atoms with Crippen LogP contribution in [0.3, 0.4) is 0 Å². The molecule has 130 valence electrons. The van der Waals surface area contributed by atoms with Gasteiger partial charge < -0.3 is 9.30 Å². The van der Waals surface area contributed by atoms with Gasteiger partial charge >= 0.3 is 6.36 Å². The van der Waals surface area contributed by atoms with Crippen molar-refractivity contribution >= 4 is 0 Å². The summed E-state index contributed by atoms with van der Waals surface area (Å²) in [5.41, 5.74) is 0.536. The fourth-order valence-corrected chi connectivity index (χ4v) is 3.17. The highest BCUT2D eigenvalue weighted by molar-refractivity contribution is 5.33. The second-order valence-corrected chi connectivity index (χ2v) is 6.03. The number of hydrogen-bond donors (Lipinski definition) is 0. The molecule has 0 spiro atoms. The van der Waals surface area contributed by atoms with Crippen molar-refractivity contribution in [2.24, 2.45) is 7.05 Å². The minimum absolute atomic E-state index is 0.134. The highest BCUT2D eigenvalue weighted by Crippen LogP contribution is 2.30. The normalized spacial score (nSPS) is 19.4. The van der Waals surface area contributed by atoms with Crippen LogP contribution in [0.15, 0.2) is 30.6 Å². The van der Waals surface area contributed by atoms with Crippen molar-refractivity contribution in [3.05, 3.63) is 42.0 Å². The van der Waals surface area contributed by atoms with E-state index >= 15 is 0 Å². The standard InChI is InChI=1S/C16H19F3N4O/c1-22-11-20-21-15(22)13-6-4-8-23(10-13)9-12-5-2-3-7-14(12)24-16(17,18)19/h2-3,5,7,11,13H,4,6,8-10H2,1H3. The van der Waals surface area contributed by atoms with Gasteiger partial charge in [0, 0.05) is 31.6 Å². The fourth-order valence-electron chi connectivity index (χ4n) is 3.17. The van der Waals surface area contributed by atoms with E-state index in [4.69, 9.17) is 0 Å². The Morgan fingerprint density at radius 2 is 2.08 bits per heavy atom. The first-order valence-electron chi connectivity index (χ1n) is 7.82. The van der Waals surface area contributed by atoms with E-state index < -0.39 is 6.36 Å². The molecule has 2 aromatic rings. The number of halogens is 3. The maximum atomic E-state index is 12.5. The third-order valence-electron chi connectivity index (χ3n) is 4.21. The van der Waals surface area contributed by atoms with Gasteiger partial charge in [-0.2, -0.15) is 0 Å². The van der Waals surface area contributed by atoms with Crippen LogP contribution < -0.4 is 4.74 Å². The van der Waals surface area contributed by atoms with Crippen molar-refractivity contribution in [2.75, 3.05) is 13.1 Å². The van der Waals surface area contributed by atoms with Gasteiger partial charge in [-0.25, -0.2) is 0 Å². The molecule has 0 N–H and O–H groups in total. The van der Waals surface area contributed by atoms with Crippen molar-refractivity contribution in [3.63, 3.8) is 0 Å². The van der Waals surface area contributed by atoms with Crippen LogP contribution in [0.4, 0.5) is 13.2 Å². The Morgan fingerprint density at radius 3 is 2.79 bits per heavy atom. The topological polar surface area (TPSA) is 43.2 Å². The molecule has 0 aliphatic carbocycles. The average Bonchev–Trinajstić information content (AvgIpc) is 2.94. The molecule has 0 radical (unpaired) electrons. The first-order valence-corrected chi connectivity index (χ1v) is 7.82. The summed E-state index contributed by atoms with van der Waals surface area (Å²) in [5, 5.41) is 8.07. The fraction of sp³-hybridized carbons (Fsp3) is 0.500. The number of hydrogen-bond acceptors (Lipinski definition) is 4. The first-order chi connectivity index (χ1) is 11.4. The predicted octanol–water partition coefficient (Wildman–Crippen LogP) is 3.09. The molecule has 1 aliphatic rings. The first kappa shape index (κ1) is 16.8. The minimum atomic E-state index is -4.68. The summed E-state index contributed by atoms with van der Waals surface area (Å²) in [5.74, 6) is 1.02. The molecular formula is C16H19F3N4O. The number of nitrogens with zero attached hydrogens (tertiary/aromatic N) is 4. The van der Waals surface area contributed by atoms with Crippen molar-refractivity contribution < 1.29 is 17.9 Å². The van der Waals surface area contributed by atoms with Crippen LogP contribution in [-0.4, -0.2) is 39.1 Å². The number of alkyl halides is 3. The van der Waals surface area contributed by atoms with Gasteiger partial charge in [-0.15, -0.1) is 23.4 Å². The smallest absolute Gasteiger partial charge is 0.405 e. The highest BCUT2D eigenvalue weighted by Gasteiger charge is 2.32. The third-order valence-corrected chi connectivity index (χ3v) is 4.21. The quantitative estimate of drug-likeness (QED) is 0.858. The number of piperidine rings is 1. The summed E-state index contributed by atoms with van der Waals surface area (Å²) >= 11 is 0. The van der Waals surface area contributed by atoms with Crippen LogP contribution in [0, 0.1) is 0 Å². The van der Waals surface area contributed by atoms with E-state index in [0.29, 0.717) is 12.1 Å². The second-order valence-electron chi connectivity index (χ2n) is 6.03. The molecule has 24 heavy (non-hydrogen) atoms. The van der Waals surface area contributed by atoms with Crippen LogP contribution in [-0.2, 0) is 13.6 Å². The highest BCUT2D eigenvalue weighted by atomic mass is 19.4. The number of ether oxygens (including phenoxy) is 1. The molecule has 0 saturated carbocycles. The van der Waals surface area contributed by atoms with E-state index in [1.165, 1.54) is 6.07 Å². The summed E-state index contributed by atoms with van der Waals surface area (Å²) in [4.78, 5) is 2.14. The molecule has 1 aromatic heterocycles. The number of aromatic nitrogens is 3. The van der Waals surface area contributed by atoms with E-state index in [-0.39, 0.29) is 11.7 Å². The summed E-state index contributed by atoms with van der Waals surface area (Å²) < 4.78 is 43.7. The SMILES string of the molecule is Cn1cnnc1C1CCCN(Cc2ccccc2OC(F)(F)F)C1. The summed E-state index contributed by atoms with van der Waals surface area (Å²) in [6, 6.07) is 6.30. The minimum Gasteiger partial charge on any atom is -0.405 e. The van der Waals surface area contributed by atoms with Gasteiger partial charge in [0.05, 0.1) is 0 Å². The Labute approximate surface area is 138 Å². The molecular weight excluding hydrogens is 321 g/mol. The third kappa shape index (κ3) is 4.05. The van der Waals surface area contributed by atoms with E-state index in [9.17, 15) is 13.2 Å². The van der Waals surface area contributed by atoms with Gasteiger partial charge in [0.2, 0.25) is 0 Å². The Morgan fingerprint density at radius 1 is 1.29 bits per heavy atom. The van der Waals surface area contributed by atoms with Crippen LogP contribution in [0.5, 0.6) is 5.75 Å². The molecule has 2 heterocycles. The maximum Gasteiger partial charge on any atom is 0.573 e. The van der Waals surface area contributed by atoms with Crippen molar-refractivity contribution in [1.29, 1.82) is 0 Å². The lowest BCUT2D eigenvalue weighted by Gasteiger charge is -2.32. The molecule has 1 unspecified atom stereocenters. The second kappa shape index (κ2) is 6.80. The van der Waals surface area contributed by atoms with Gasteiger partial charge in [0.25, 0.3) is 0 Å². The molecule has 1 fully saturated rings. The molecule has 3 rings (SSSR count). The monoisotopic (exact) mass is 340 g/mol. The molecule has 1 aliphatic heterocycles. The van der Waals surface area contributed by atoms with E-state index in [1.54, 1.807) is 24.5 Å². The van der Waals surface area contributed by atoms with E-state index in [1.807, 2.05) is 11.6 Å². The maximum absolute atomic E-state index is 12.5. The Kier molecular flexibility index (Phi) is 4.75. The summed E-state index contributed by atoms with van der Waals surface area (Å²) in [7, 11) is 1.90. The molecule has 8 heteroatoms. The molecule has 1 aromatic carbocycles. The summed E-state index contributed by atoms with van der Waals surface area (Å²) in [6.45, 7) is 2.00. The largest absolute Gasteiger partial charge is 0.573 e. The van der Waals surface area contributed by atoms with Gasteiger partial charge in [0.15, 0.2) is 0 Å². The average molecular weight is 340 g/mol. The lowest BCUT2D eigenvalue weighted by Crippen LogP contribution is -2.35. The van der Waals surface area contributed by atoms with Crippen molar-refractivity contribution in [3.8, 4) is 5.75 Å².